The van der Waals surface area contributed by atoms with Gasteiger partial charge in [0.25, 0.3) is 0 Å². The second-order valence-electron chi connectivity index (χ2n) is 6.16. The minimum absolute atomic E-state index is 0.0500. The van der Waals surface area contributed by atoms with Gasteiger partial charge in [0.1, 0.15) is 6.04 Å². The maximum atomic E-state index is 13.2. The predicted octanol–water partition coefficient (Wildman–Crippen LogP) is 2.75. The van der Waals surface area contributed by atoms with E-state index in [1.54, 1.807) is 11.8 Å². The predicted molar refractivity (Wildman–Crippen MR) is 72.9 cm³/mol. The summed E-state index contributed by atoms with van der Waals surface area (Å²) in [6, 6.07) is -0.593. The van der Waals surface area contributed by atoms with E-state index in [0.717, 1.165) is 19.3 Å². The molecule has 6 heteroatoms. The summed E-state index contributed by atoms with van der Waals surface area (Å²) < 4.78 is 31.2. The summed E-state index contributed by atoms with van der Waals surface area (Å²) in [5, 5.41) is 0. The lowest BCUT2D eigenvalue weighted by molar-refractivity contribution is -0.159. The van der Waals surface area contributed by atoms with Crippen molar-refractivity contribution in [2.45, 2.75) is 69.9 Å². The first-order chi connectivity index (χ1) is 9.85. The van der Waals surface area contributed by atoms with Crippen LogP contribution >= 0.6 is 0 Å². The van der Waals surface area contributed by atoms with Gasteiger partial charge in [0.15, 0.2) is 0 Å². The highest BCUT2D eigenvalue weighted by Crippen LogP contribution is 2.38. The van der Waals surface area contributed by atoms with Crippen molar-refractivity contribution in [3.8, 4) is 0 Å². The highest BCUT2D eigenvalue weighted by molar-refractivity contribution is 5.86. The molecule has 0 saturated heterocycles. The molecular formula is C15H23F2NO3. The summed E-state index contributed by atoms with van der Waals surface area (Å²) in [6.07, 6.45) is 2.69. The van der Waals surface area contributed by atoms with Gasteiger partial charge < -0.3 is 9.64 Å². The van der Waals surface area contributed by atoms with E-state index in [4.69, 9.17) is 4.74 Å². The van der Waals surface area contributed by atoms with Crippen LogP contribution in [0.5, 0.6) is 0 Å². The van der Waals surface area contributed by atoms with Gasteiger partial charge in [-0.05, 0) is 39.0 Å². The van der Waals surface area contributed by atoms with Crippen molar-refractivity contribution < 1.29 is 23.1 Å². The van der Waals surface area contributed by atoms with Gasteiger partial charge in [0.05, 0.1) is 7.11 Å². The lowest BCUT2D eigenvalue weighted by atomic mass is 9.83. The smallest absolute Gasteiger partial charge is 0.328 e. The van der Waals surface area contributed by atoms with Gasteiger partial charge in [-0.25, -0.2) is 13.6 Å². The number of hydrogen-bond donors (Lipinski definition) is 0. The topological polar surface area (TPSA) is 46.6 Å². The first-order valence-electron chi connectivity index (χ1n) is 7.63. The number of halogens is 2. The molecule has 0 N–H and O–H groups in total. The molecule has 1 atom stereocenters. The summed E-state index contributed by atoms with van der Waals surface area (Å²) in [4.78, 5) is 26.0. The molecule has 2 rings (SSSR count). The van der Waals surface area contributed by atoms with Crippen molar-refractivity contribution in [2.75, 3.05) is 7.11 Å². The Labute approximate surface area is 123 Å². The molecule has 2 fully saturated rings. The second-order valence-corrected chi connectivity index (χ2v) is 6.16. The largest absolute Gasteiger partial charge is 0.467 e. The average Bonchev–Trinajstić information content (AvgIpc) is 2.40. The van der Waals surface area contributed by atoms with Crippen LogP contribution in [0.4, 0.5) is 8.78 Å². The third kappa shape index (κ3) is 3.52. The van der Waals surface area contributed by atoms with Gasteiger partial charge in [-0.1, -0.05) is 0 Å². The molecule has 120 valence electrons. The lowest BCUT2D eigenvalue weighted by Crippen LogP contribution is -2.54. The number of alkyl halides is 2. The summed E-state index contributed by atoms with van der Waals surface area (Å²) in [5.41, 5.74) is 0. The van der Waals surface area contributed by atoms with Crippen molar-refractivity contribution in [1.29, 1.82) is 0 Å². The maximum absolute atomic E-state index is 13.2. The molecule has 0 aromatic carbocycles. The summed E-state index contributed by atoms with van der Waals surface area (Å²) >= 11 is 0. The van der Waals surface area contributed by atoms with E-state index in [1.165, 1.54) is 7.11 Å². The minimum Gasteiger partial charge on any atom is -0.467 e. The third-order valence-corrected chi connectivity index (χ3v) is 4.75. The van der Waals surface area contributed by atoms with Crippen LogP contribution < -0.4 is 0 Å². The first-order valence-corrected chi connectivity index (χ1v) is 7.63. The Balaban J connectivity index is 2.06. The summed E-state index contributed by atoms with van der Waals surface area (Å²) in [5.74, 6) is -3.65. The molecule has 2 saturated carbocycles. The van der Waals surface area contributed by atoms with Gasteiger partial charge in [-0.2, -0.15) is 0 Å². The molecule has 0 unspecified atom stereocenters. The van der Waals surface area contributed by atoms with E-state index in [1.807, 2.05) is 0 Å². The molecule has 21 heavy (non-hydrogen) atoms. The number of nitrogens with zero attached hydrogens (tertiary/aromatic N) is 1. The zero-order valence-electron chi connectivity index (χ0n) is 12.6. The van der Waals surface area contributed by atoms with E-state index >= 15 is 0 Å². The number of ether oxygens (including phenoxy) is 1. The van der Waals surface area contributed by atoms with Gasteiger partial charge in [0, 0.05) is 24.8 Å². The SMILES string of the molecule is COC(=O)[C@H](C)N(C(=O)C1CCC(F)(F)CC1)C1CCC1. The van der Waals surface area contributed by atoms with Crippen LogP contribution in [-0.2, 0) is 14.3 Å². The van der Waals surface area contributed by atoms with Crippen molar-refractivity contribution >= 4 is 11.9 Å². The monoisotopic (exact) mass is 303 g/mol. The summed E-state index contributed by atoms with van der Waals surface area (Å²) in [7, 11) is 1.30. The highest BCUT2D eigenvalue weighted by atomic mass is 19.3. The van der Waals surface area contributed by atoms with Crippen molar-refractivity contribution in [2.24, 2.45) is 5.92 Å². The van der Waals surface area contributed by atoms with Crippen LogP contribution in [0.15, 0.2) is 0 Å². The number of amides is 1. The number of hydrogen-bond acceptors (Lipinski definition) is 3. The molecule has 0 spiro atoms. The zero-order valence-corrected chi connectivity index (χ0v) is 12.6. The number of carbonyl (C=O) groups is 2. The van der Waals surface area contributed by atoms with E-state index < -0.39 is 23.9 Å². The zero-order chi connectivity index (χ0) is 15.6. The Hall–Kier alpha value is -1.20. The van der Waals surface area contributed by atoms with Crippen molar-refractivity contribution in [3.63, 3.8) is 0 Å². The molecule has 2 aliphatic rings. The molecule has 4 nitrogen and oxygen atoms in total. The normalized spacial score (nSPS) is 24.0. The van der Waals surface area contributed by atoms with Gasteiger partial charge >= 0.3 is 5.97 Å². The van der Waals surface area contributed by atoms with Crippen LogP contribution in [0.3, 0.4) is 0 Å². The van der Waals surface area contributed by atoms with E-state index in [0.29, 0.717) is 0 Å². The molecule has 2 aliphatic carbocycles. The van der Waals surface area contributed by atoms with E-state index in [9.17, 15) is 18.4 Å². The van der Waals surface area contributed by atoms with Crippen LogP contribution in [0, 0.1) is 5.92 Å². The van der Waals surface area contributed by atoms with Crippen LogP contribution in [-0.4, -0.2) is 41.9 Å². The van der Waals surface area contributed by atoms with Crippen LogP contribution in [0.1, 0.15) is 51.9 Å². The van der Waals surface area contributed by atoms with Crippen LogP contribution in [0.2, 0.25) is 0 Å². The number of carbonyl (C=O) groups excluding carboxylic acids is 2. The van der Waals surface area contributed by atoms with Gasteiger partial charge in [-0.15, -0.1) is 0 Å². The van der Waals surface area contributed by atoms with Crippen LogP contribution in [0.25, 0.3) is 0 Å². The van der Waals surface area contributed by atoms with E-state index in [2.05, 4.69) is 0 Å². The standard InChI is InChI=1S/C15H23F2NO3/c1-10(14(20)21-2)18(12-4-3-5-12)13(19)11-6-8-15(16,17)9-7-11/h10-12H,3-9H2,1-2H3/t10-/m0/s1. The third-order valence-electron chi connectivity index (χ3n) is 4.75. The molecular weight excluding hydrogens is 280 g/mol. The number of methoxy groups -OCH3 is 1. The highest BCUT2D eigenvalue weighted by Gasteiger charge is 2.43. The molecule has 0 aliphatic heterocycles. The Morgan fingerprint density at radius 3 is 2.19 bits per heavy atom. The van der Waals surface area contributed by atoms with Crippen molar-refractivity contribution in [1.82, 2.24) is 4.90 Å². The molecule has 0 radical (unpaired) electrons. The van der Waals surface area contributed by atoms with Gasteiger partial charge in [0.2, 0.25) is 11.8 Å². The van der Waals surface area contributed by atoms with E-state index in [-0.39, 0.29) is 37.6 Å². The fourth-order valence-electron chi connectivity index (χ4n) is 3.13. The van der Waals surface area contributed by atoms with Crippen molar-refractivity contribution in [3.05, 3.63) is 0 Å². The molecule has 0 bridgehead atoms. The molecule has 1 amide bonds. The molecule has 0 heterocycles. The number of rotatable bonds is 4. The number of esters is 1. The lowest BCUT2D eigenvalue weighted by Gasteiger charge is -2.42. The Morgan fingerprint density at radius 1 is 1.19 bits per heavy atom. The first kappa shape index (κ1) is 16.2. The quantitative estimate of drug-likeness (QED) is 0.750. The molecule has 0 aromatic rings. The fraction of sp³-hybridized carbons (Fsp3) is 0.867. The minimum atomic E-state index is -2.65. The summed E-state index contributed by atoms with van der Waals surface area (Å²) in [6.45, 7) is 1.65. The Morgan fingerprint density at radius 2 is 1.76 bits per heavy atom. The maximum Gasteiger partial charge on any atom is 0.328 e. The fourth-order valence-corrected chi connectivity index (χ4v) is 3.13. The Kier molecular flexibility index (Phi) is 4.84. The Bertz CT molecular complexity index is 400. The molecule has 0 aromatic heterocycles. The second kappa shape index (κ2) is 6.28. The average molecular weight is 303 g/mol. The van der Waals surface area contributed by atoms with Gasteiger partial charge in [-0.3, -0.25) is 4.79 Å².